The zero-order valence-corrected chi connectivity index (χ0v) is 23.2. The predicted molar refractivity (Wildman–Crippen MR) is 148 cm³/mol. The Morgan fingerprint density at radius 1 is 1.20 bits per heavy atom. The summed E-state index contributed by atoms with van der Waals surface area (Å²) in [6.45, 7) is 5.03. The predicted octanol–water partition coefficient (Wildman–Crippen LogP) is 5.96. The highest BCUT2D eigenvalue weighted by molar-refractivity contribution is 6.33. The molecule has 0 aliphatic carbocycles. The number of nitrogens with one attached hydrogen (secondary N) is 1. The van der Waals surface area contributed by atoms with E-state index in [0.29, 0.717) is 62.2 Å². The highest BCUT2D eigenvalue weighted by atomic mass is 35.5. The molecule has 0 spiro atoms. The van der Waals surface area contributed by atoms with E-state index in [4.69, 9.17) is 21.1 Å². The summed E-state index contributed by atoms with van der Waals surface area (Å²) in [6, 6.07) is 9.11. The molecule has 3 aromatic rings. The molecule has 41 heavy (non-hydrogen) atoms. The lowest BCUT2D eigenvalue weighted by molar-refractivity contribution is -0.176. The summed E-state index contributed by atoms with van der Waals surface area (Å²) < 4.78 is 50.9. The topological polar surface area (TPSA) is 100 Å². The Bertz CT molecular complexity index is 1420. The van der Waals surface area contributed by atoms with Crippen LogP contribution in [0.3, 0.4) is 0 Å². The molecule has 1 unspecified atom stereocenters. The van der Waals surface area contributed by atoms with Gasteiger partial charge in [-0.25, -0.2) is 14.8 Å². The lowest BCUT2D eigenvalue weighted by atomic mass is 10.1. The molecule has 0 radical (unpaired) electrons. The third-order valence-corrected chi connectivity index (χ3v) is 6.99. The number of aromatic nitrogens is 2. The average molecular weight is 592 g/mol. The molecule has 13 heteroatoms. The number of fused-ring (bicyclic) bond motifs is 4. The third kappa shape index (κ3) is 6.66. The van der Waals surface area contributed by atoms with Crippen molar-refractivity contribution < 1.29 is 32.5 Å². The van der Waals surface area contributed by atoms with Gasteiger partial charge < -0.3 is 24.8 Å². The van der Waals surface area contributed by atoms with Crippen molar-refractivity contribution in [2.24, 2.45) is 0 Å². The smallest absolute Gasteiger partial charge is 0.416 e. The first-order valence-electron chi connectivity index (χ1n) is 13.1. The first kappa shape index (κ1) is 28.9. The second-order valence-corrected chi connectivity index (χ2v) is 10.7. The fraction of sp³-hybridized carbons (Fsp3) is 0.393. The van der Waals surface area contributed by atoms with Crippen LogP contribution in [0.15, 0.2) is 48.7 Å². The summed E-state index contributed by atoms with van der Waals surface area (Å²) >= 11 is 6.52. The van der Waals surface area contributed by atoms with Gasteiger partial charge in [0.05, 0.1) is 53.1 Å². The Balaban J connectivity index is 1.32. The lowest BCUT2D eigenvalue weighted by Crippen LogP contribution is -2.48. The van der Waals surface area contributed by atoms with Crippen molar-refractivity contribution in [3.05, 3.63) is 59.2 Å². The van der Waals surface area contributed by atoms with Gasteiger partial charge in [-0.3, -0.25) is 4.90 Å². The number of anilines is 3. The van der Waals surface area contributed by atoms with Crippen molar-refractivity contribution in [2.75, 3.05) is 41.4 Å². The van der Waals surface area contributed by atoms with Crippen molar-refractivity contribution in [2.45, 2.75) is 44.7 Å². The summed E-state index contributed by atoms with van der Waals surface area (Å²) in [7, 11) is 0. The monoisotopic (exact) mass is 591 g/mol. The maximum Gasteiger partial charge on any atom is 0.416 e. The van der Waals surface area contributed by atoms with Gasteiger partial charge in [0.25, 0.3) is 0 Å². The molecule has 2 amide bonds. The van der Waals surface area contributed by atoms with Gasteiger partial charge in [-0.15, -0.1) is 0 Å². The number of carbonyl (C=O) groups excluding carboxylic acids is 1. The Hall–Kier alpha value is -3.61. The molecule has 1 saturated heterocycles. The number of hydrogen-bond donors (Lipinski definition) is 2. The molecule has 0 saturated carbocycles. The van der Waals surface area contributed by atoms with Gasteiger partial charge in [0.1, 0.15) is 0 Å². The van der Waals surface area contributed by atoms with E-state index in [2.05, 4.69) is 20.2 Å². The maximum atomic E-state index is 13.5. The number of halogens is 4. The number of amides is 2. The van der Waals surface area contributed by atoms with Crippen molar-refractivity contribution in [1.29, 1.82) is 0 Å². The van der Waals surface area contributed by atoms with Crippen LogP contribution < -0.4 is 19.9 Å². The number of pyridine rings is 2. The second-order valence-electron chi connectivity index (χ2n) is 10.3. The Morgan fingerprint density at radius 3 is 2.71 bits per heavy atom. The molecule has 218 valence electrons. The van der Waals surface area contributed by atoms with Crippen LogP contribution in [0.1, 0.15) is 32.3 Å². The normalized spacial score (nSPS) is 16.5. The minimum absolute atomic E-state index is 0.160. The molecule has 5 rings (SSSR count). The van der Waals surface area contributed by atoms with Gasteiger partial charge in [-0.2, -0.15) is 13.2 Å². The molecule has 2 aliphatic rings. The highest BCUT2D eigenvalue weighted by Gasteiger charge is 2.41. The molecule has 2 aromatic heterocycles. The highest BCUT2D eigenvalue weighted by Crippen LogP contribution is 2.43. The largest absolute Gasteiger partial charge is 0.478 e. The number of ether oxygens (including phenoxy) is 2. The molecule has 2 N–H and O–H groups in total. The number of urea groups is 1. The van der Waals surface area contributed by atoms with E-state index in [1.807, 2.05) is 0 Å². The zero-order valence-electron chi connectivity index (χ0n) is 22.4. The fourth-order valence-corrected chi connectivity index (χ4v) is 5.07. The van der Waals surface area contributed by atoms with Gasteiger partial charge in [0, 0.05) is 31.1 Å². The van der Waals surface area contributed by atoms with E-state index in [-0.39, 0.29) is 22.3 Å². The number of rotatable bonds is 8. The third-order valence-electron chi connectivity index (χ3n) is 6.70. The van der Waals surface area contributed by atoms with Crippen LogP contribution in [0, 0.1) is 0 Å². The van der Waals surface area contributed by atoms with E-state index < -0.39 is 23.6 Å². The minimum atomic E-state index is -4.52. The molecule has 1 aromatic carbocycles. The van der Waals surface area contributed by atoms with E-state index in [1.54, 1.807) is 36.9 Å². The minimum Gasteiger partial charge on any atom is -0.478 e. The molecule has 2 bridgehead atoms. The van der Waals surface area contributed by atoms with Crippen LogP contribution in [-0.4, -0.2) is 59.2 Å². The lowest BCUT2D eigenvalue weighted by Gasteiger charge is -2.36. The van der Waals surface area contributed by atoms with Crippen LogP contribution in [0.2, 0.25) is 5.02 Å². The van der Waals surface area contributed by atoms with E-state index >= 15 is 0 Å². The van der Waals surface area contributed by atoms with Crippen LogP contribution in [0.5, 0.6) is 5.88 Å². The first-order valence-corrected chi connectivity index (χ1v) is 13.5. The molecular formula is C28H29ClF3N5O4. The molecule has 1 atom stereocenters. The van der Waals surface area contributed by atoms with E-state index in [9.17, 15) is 23.1 Å². The van der Waals surface area contributed by atoms with E-state index in [1.165, 1.54) is 18.3 Å². The quantitative estimate of drug-likeness (QED) is 0.246. The second kappa shape index (κ2) is 11.3. The van der Waals surface area contributed by atoms with Crippen molar-refractivity contribution >= 4 is 34.8 Å². The number of hydrogen-bond acceptors (Lipinski definition) is 7. The number of carbonyl (C=O) groups is 1. The zero-order chi connectivity index (χ0) is 29.4. The number of nitrogens with zero attached hydrogens (tertiary/aromatic N) is 4. The standard InChI is InChI=1S/C28H29ClF3N5O4/c1-27(2,39)41-12-4-11-40-23-8-7-19(15-33-23)34-26(38)37-20-9-10-36(16-20)22-14-21(29)24(35-25(22)37)17-5-3-6-18(13-17)28(30,31)32/h3,5-8,13-15,20,39H,4,9-12,16H2,1-2H3,(H,34,38). The Kier molecular flexibility index (Phi) is 8.00. The van der Waals surface area contributed by atoms with Gasteiger partial charge in [0.15, 0.2) is 11.6 Å². The fourth-order valence-electron chi connectivity index (χ4n) is 4.81. The van der Waals surface area contributed by atoms with Crippen LogP contribution >= 0.6 is 11.6 Å². The van der Waals surface area contributed by atoms with Gasteiger partial charge in [-0.05, 0) is 44.5 Å². The van der Waals surface area contributed by atoms with Crippen molar-refractivity contribution in [3.8, 4) is 17.1 Å². The summed E-state index contributed by atoms with van der Waals surface area (Å²) in [4.78, 5) is 26.0. The van der Waals surface area contributed by atoms with Gasteiger partial charge in [0.2, 0.25) is 5.88 Å². The number of benzene rings is 1. The van der Waals surface area contributed by atoms with Crippen LogP contribution in [0.4, 0.5) is 35.2 Å². The molecule has 9 nitrogen and oxygen atoms in total. The van der Waals surface area contributed by atoms with Gasteiger partial charge >= 0.3 is 12.2 Å². The average Bonchev–Trinajstić information content (AvgIpc) is 3.33. The summed E-state index contributed by atoms with van der Waals surface area (Å²) in [6.07, 6.45) is -1.80. The summed E-state index contributed by atoms with van der Waals surface area (Å²) in [5, 5.41) is 12.6. The number of alkyl halides is 3. The number of aliphatic hydroxyl groups is 1. The Morgan fingerprint density at radius 2 is 2.00 bits per heavy atom. The first-order chi connectivity index (χ1) is 19.4. The maximum absolute atomic E-state index is 13.5. The van der Waals surface area contributed by atoms with Gasteiger partial charge in [-0.1, -0.05) is 23.7 Å². The molecule has 1 fully saturated rings. The van der Waals surface area contributed by atoms with Crippen LogP contribution in [-0.2, 0) is 10.9 Å². The van der Waals surface area contributed by atoms with Crippen molar-refractivity contribution in [1.82, 2.24) is 9.97 Å². The molecule has 4 heterocycles. The summed E-state index contributed by atoms with van der Waals surface area (Å²) in [5.41, 5.74) is 0.624. The molecular weight excluding hydrogens is 563 g/mol. The SMILES string of the molecule is CC(C)(O)OCCCOc1ccc(NC(=O)N2c3nc(-c4cccc(C(F)(F)F)c4)c(Cl)cc3N3CCC2C3)cn1. The van der Waals surface area contributed by atoms with Crippen LogP contribution in [0.25, 0.3) is 11.3 Å². The van der Waals surface area contributed by atoms with E-state index in [0.717, 1.165) is 12.1 Å². The molecule has 2 aliphatic heterocycles. The van der Waals surface area contributed by atoms with Crippen molar-refractivity contribution in [3.63, 3.8) is 0 Å². The Labute approximate surface area is 239 Å². The summed E-state index contributed by atoms with van der Waals surface area (Å²) in [5.74, 6) is -0.511.